The first-order chi connectivity index (χ1) is 12.1. The third-order valence-corrected chi connectivity index (χ3v) is 4.86. The van der Waals surface area contributed by atoms with Gasteiger partial charge in [0.05, 0.1) is 17.8 Å². The van der Waals surface area contributed by atoms with E-state index in [0.29, 0.717) is 5.76 Å². The van der Waals surface area contributed by atoms with E-state index in [-0.39, 0.29) is 17.9 Å². The van der Waals surface area contributed by atoms with Crippen LogP contribution in [-0.4, -0.2) is 34.8 Å². The highest BCUT2D eigenvalue weighted by Gasteiger charge is 2.27. The van der Waals surface area contributed by atoms with Crippen LogP contribution < -0.4 is 10.2 Å². The van der Waals surface area contributed by atoms with Gasteiger partial charge in [-0.2, -0.15) is 5.10 Å². The highest BCUT2D eigenvalue weighted by atomic mass is 16.3. The van der Waals surface area contributed by atoms with E-state index in [2.05, 4.69) is 15.3 Å². The molecular formula is C19H22N4O2. The average molecular weight is 338 g/mol. The number of nitrogens with zero attached hydrogens (tertiary/aromatic N) is 3. The lowest BCUT2D eigenvalue weighted by atomic mass is 10.1. The van der Waals surface area contributed by atoms with E-state index >= 15 is 0 Å². The molecule has 0 spiro atoms. The molecular weight excluding hydrogens is 316 g/mol. The molecule has 0 radical (unpaired) electrons. The second-order valence-corrected chi connectivity index (χ2v) is 6.72. The van der Waals surface area contributed by atoms with Crippen LogP contribution in [0.1, 0.15) is 25.0 Å². The van der Waals surface area contributed by atoms with Gasteiger partial charge in [0.1, 0.15) is 11.3 Å². The molecule has 6 nitrogen and oxygen atoms in total. The van der Waals surface area contributed by atoms with Gasteiger partial charge in [0.2, 0.25) is 5.91 Å². The quantitative estimate of drug-likeness (QED) is 0.794. The fraction of sp³-hybridized carbons (Fsp3) is 0.368. The van der Waals surface area contributed by atoms with Crippen LogP contribution in [0.2, 0.25) is 0 Å². The summed E-state index contributed by atoms with van der Waals surface area (Å²) in [6.07, 6.45) is 4.80. The van der Waals surface area contributed by atoms with Gasteiger partial charge in [-0.15, -0.1) is 0 Å². The zero-order chi connectivity index (χ0) is 17.4. The second kappa shape index (κ2) is 6.27. The van der Waals surface area contributed by atoms with Crippen molar-refractivity contribution in [2.75, 3.05) is 18.0 Å². The molecule has 0 saturated carbocycles. The highest BCUT2D eigenvalue weighted by Crippen LogP contribution is 2.26. The molecule has 1 aromatic carbocycles. The number of benzene rings is 1. The Hall–Kier alpha value is -2.76. The zero-order valence-electron chi connectivity index (χ0n) is 14.5. The number of furan rings is 1. The van der Waals surface area contributed by atoms with Gasteiger partial charge >= 0.3 is 0 Å². The van der Waals surface area contributed by atoms with Crippen LogP contribution in [0.5, 0.6) is 0 Å². The largest absolute Gasteiger partial charge is 0.460 e. The van der Waals surface area contributed by atoms with E-state index in [9.17, 15) is 4.79 Å². The first-order valence-corrected chi connectivity index (χ1v) is 8.62. The number of aromatic nitrogens is 2. The van der Waals surface area contributed by atoms with Gasteiger partial charge < -0.3 is 14.6 Å². The maximum atomic E-state index is 12.6. The molecule has 4 rings (SSSR count). The minimum atomic E-state index is -0.306. The zero-order valence-corrected chi connectivity index (χ0v) is 14.5. The molecule has 1 fully saturated rings. The summed E-state index contributed by atoms with van der Waals surface area (Å²) in [4.78, 5) is 14.9. The standard InChI is InChI=1S/C19H22N4O2/c1-13(18-9-14-5-3-4-6-17(14)25-18)19(24)21-15-7-8-23(11-15)16-10-20-22(2)12-16/h3-6,9-10,12-13,15H,7-8,11H2,1-2H3,(H,21,24). The lowest BCUT2D eigenvalue weighted by Crippen LogP contribution is -2.39. The van der Waals surface area contributed by atoms with Crippen LogP contribution in [0, 0.1) is 0 Å². The molecule has 2 atom stereocenters. The fourth-order valence-corrected chi connectivity index (χ4v) is 3.36. The Morgan fingerprint density at radius 1 is 1.40 bits per heavy atom. The topological polar surface area (TPSA) is 63.3 Å². The van der Waals surface area contributed by atoms with Crippen molar-refractivity contribution in [3.05, 3.63) is 48.5 Å². The molecule has 25 heavy (non-hydrogen) atoms. The summed E-state index contributed by atoms with van der Waals surface area (Å²) in [6.45, 7) is 3.63. The smallest absolute Gasteiger partial charge is 0.230 e. The SMILES string of the molecule is CC(C(=O)NC1CCN(c2cnn(C)c2)C1)c1cc2ccccc2o1. The highest BCUT2D eigenvalue weighted by molar-refractivity contribution is 5.85. The van der Waals surface area contributed by atoms with E-state index < -0.39 is 0 Å². The van der Waals surface area contributed by atoms with Gasteiger partial charge in [0.15, 0.2) is 0 Å². The predicted molar refractivity (Wildman–Crippen MR) is 96.6 cm³/mol. The maximum Gasteiger partial charge on any atom is 0.230 e. The molecule has 1 aliphatic heterocycles. The van der Waals surface area contributed by atoms with Crippen LogP contribution in [0.15, 0.2) is 47.1 Å². The third kappa shape index (κ3) is 3.12. The summed E-state index contributed by atoms with van der Waals surface area (Å²) in [5, 5.41) is 8.40. The Bertz CT molecular complexity index is 865. The maximum absolute atomic E-state index is 12.6. The summed E-state index contributed by atoms with van der Waals surface area (Å²) < 4.78 is 7.62. The van der Waals surface area contributed by atoms with Crippen molar-refractivity contribution < 1.29 is 9.21 Å². The van der Waals surface area contributed by atoms with Gasteiger partial charge in [-0.25, -0.2) is 0 Å². The van der Waals surface area contributed by atoms with Crippen molar-refractivity contribution in [3.63, 3.8) is 0 Å². The second-order valence-electron chi connectivity index (χ2n) is 6.72. The fourth-order valence-electron chi connectivity index (χ4n) is 3.36. The van der Waals surface area contributed by atoms with E-state index in [1.165, 1.54) is 0 Å². The summed E-state index contributed by atoms with van der Waals surface area (Å²) >= 11 is 0. The number of nitrogens with one attached hydrogen (secondary N) is 1. The minimum absolute atomic E-state index is 0.0112. The van der Waals surface area contributed by atoms with Crippen LogP contribution in [-0.2, 0) is 11.8 Å². The molecule has 1 N–H and O–H groups in total. The Kier molecular flexibility index (Phi) is 3.95. The Labute approximate surface area is 146 Å². The summed E-state index contributed by atoms with van der Waals surface area (Å²) in [7, 11) is 1.91. The summed E-state index contributed by atoms with van der Waals surface area (Å²) in [5.74, 6) is 0.415. The number of hydrogen-bond acceptors (Lipinski definition) is 4. The van der Waals surface area contributed by atoms with E-state index in [0.717, 1.165) is 36.2 Å². The van der Waals surface area contributed by atoms with Gasteiger partial charge in [-0.05, 0) is 25.5 Å². The van der Waals surface area contributed by atoms with Crippen molar-refractivity contribution in [1.82, 2.24) is 15.1 Å². The first kappa shape index (κ1) is 15.7. The number of hydrogen-bond donors (Lipinski definition) is 1. The average Bonchev–Trinajstić information content (AvgIpc) is 3.32. The van der Waals surface area contributed by atoms with Crippen molar-refractivity contribution in [2.24, 2.45) is 7.05 Å². The first-order valence-electron chi connectivity index (χ1n) is 8.62. The number of para-hydroxylation sites is 1. The third-order valence-electron chi connectivity index (χ3n) is 4.86. The van der Waals surface area contributed by atoms with Gasteiger partial charge in [-0.3, -0.25) is 9.48 Å². The molecule has 3 heterocycles. The molecule has 130 valence electrons. The van der Waals surface area contributed by atoms with Gasteiger partial charge in [-0.1, -0.05) is 18.2 Å². The Balaban J connectivity index is 1.40. The summed E-state index contributed by atoms with van der Waals surface area (Å²) in [6, 6.07) is 9.93. The Morgan fingerprint density at radius 2 is 2.24 bits per heavy atom. The molecule has 1 saturated heterocycles. The van der Waals surface area contributed by atoms with Crippen LogP contribution in [0.4, 0.5) is 5.69 Å². The number of fused-ring (bicyclic) bond motifs is 1. The molecule has 1 aliphatic rings. The van der Waals surface area contributed by atoms with E-state index in [4.69, 9.17) is 4.42 Å². The monoisotopic (exact) mass is 338 g/mol. The number of carbonyl (C=O) groups is 1. The van der Waals surface area contributed by atoms with Crippen molar-refractivity contribution in [2.45, 2.75) is 25.3 Å². The van der Waals surface area contributed by atoms with Crippen LogP contribution >= 0.6 is 0 Å². The van der Waals surface area contributed by atoms with Crippen LogP contribution in [0.25, 0.3) is 11.0 Å². The number of carbonyl (C=O) groups excluding carboxylic acids is 1. The number of anilines is 1. The molecule has 0 bridgehead atoms. The van der Waals surface area contributed by atoms with Gasteiger partial charge in [0.25, 0.3) is 0 Å². The molecule has 6 heteroatoms. The molecule has 1 amide bonds. The van der Waals surface area contributed by atoms with Crippen molar-refractivity contribution in [1.29, 1.82) is 0 Å². The number of amides is 1. The van der Waals surface area contributed by atoms with E-state index in [1.807, 2.05) is 56.7 Å². The molecule has 0 aliphatic carbocycles. The minimum Gasteiger partial charge on any atom is -0.460 e. The predicted octanol–water partition coefficient (Wildman–Crippen LogP) is 2.66. The number of aryl methyl sites for hydroxylation is 1. The Morgan fingerprint density at radius 3 is 3.00 bits per heavy atom. The summed E-state index contributed by atoms with van der Waals surface area (Å²) in [5.41, 5.74) is 1.92. The lowest BCUT2D eigenvalue weighted by Gasteiger charge is -2.18. The lowest BCUT2D eigenvalue weighted by molar-refractivity contribution is -0.123. The molecule has 2 aromatic heterocycles. The molecule has 2 unspecified atom stereocenters. The normalized spacial score (nSPS) is 18.6. The van der Waals surface area contributed by atoms with Crippen LogP contribution in [0.3, 0.4) is 0 Å². The van der Waals surface area contributed by atoms with Crippen molar-refractivity contribution >= 4 is 22.6 Å². The van der Waals surface area contributed by atoms with Crippen molar-refractivity contribution in [3.8, 4) is 0 Å². The number of rotatable bonds is 4. The molecule has 3 aromatic rings. The van der Waals surface area contributed by atoms with Gasteiger partial charge in [0, 0.05) is 37.8 Å². The van der Waals surface area contributed by atoms with E-state index in [1.54, 1.807) is 4.68 Å².